The van der Waals surface area contributed by atoms with Gasteiger partial charge in [0.05, 0.1) is 4.92 Å². The van der Waals surface area contributed by atoms with Crippen molar-refractivity contribution in [3.8, 4) is 0 Å². The quantitative estimate of drug-likeness (QED) is 0.642. The van der Waals surface area contributed by atoms with E-state index in [-0.39, 0.29) is 12.2 Å². The average molecular weight is 287 g/mol. The molecular weight excluding hydrogens is 272 g/mol. The second-order valence-corrected chi connectivity index (χ2v) is 4.62. The Morgan fingerprint density at radius 1 is 1.58 bits per heavy atom. The summed E-state index contributed by atoms with van der Waals surface area (Å²) >= 11 is 5.98. The third kappa shape index (κ3) is 3.90. The molecule has 1 aromatic rings. The third-order valence-corrected chi connectivity index (χ3v) is 3.23. The Kier molecular flexibility index (Phi) is 5.26. The lowest BCUT2D eigenvalue weighted by molar-refractivity contribution is -0.384. The van der Waals surface area contributed by atoms with Gasteiger partial charge in [0.25, 0.3) is 5.69 Å². The first-order chi connectivity index (χ1) is 8.86. The number of rotatable bonds is 6. The second kappa shape index (κ2) is 6.49. The number of carboxylic acid groups (broad SMARTS) is 1. The van der Waals surface area contributed by atoms with Gasteiger partial charge >= 0.3 is 5.97 Å². The number of nitro groups is 1. The molecule has 6 nitrogen and oxygen atoms in total. The molecule has 1 unspecified atom stereocenters. The van der Waals surface area contributed by atoms with E-state index in [1.807, 2.05) is 0 Å². The van der Waals surface area contributed by atoms with Gasteiger partial charge in [0, 0.05) is 23.7 Å². The number of hydrogen-bond donors (Lipinski definition) is 1. The van der Waals surface area contributed by atoms with Crippen LogP contribution in [0.4, 0.5) is 5.69 Å². The Bertz CT molecular complexity index is 493. The number of carbonyl (C=O) groups is 1. The van der Waals surface area contributed by atoms with Crippen LogP contribution in [0.25, 0.3) is 0 Å². The number of likely N-dealkylation sites (N-methyl/N-ethyl adjacent to an activating group) is 1. The zero-order chi connectivity index (χ0) is 14.6. The molecule has 1 atom stereocenters. The minimum Gasteiger partial charge on any atom is -0.480 e. The lowest BCUT2D eigenvalue weighted by Gasteiger charge is -2.23. The molecule has 19 heavy (non-hydrogen) atoms. The molecule has 0 heterocycles. The highest BCUT2D eigenvalue weighted by atomic mass is 35.5. The van der Waals surface area contributed by atoms with Crippen LogP contribution in [0.5, 0.6) is 0 Å². The van der Waals surface area contributed by atoms with Gasteiger partial charge in [-0.15, -0.1) is 0 Å². The number of halogens is 1. The van der Waals surface area contributed by atoms with E-state index in [0.29, 0.717) is 17.0 Å². The molecule has 7 heteroatoms. The molecule has 104 valence electrons. The first-order valence-corrected chi connectivity index (χ1v) is 6.10. The first kappa shape index (κ1) is 15.4. The predicted molar refractivity (Wildman–Crippen MR) is 71.3 cm³/mol. The highest BCUT2D eigenvalue weighted by Gasteiger charge is 2.21. The summed E-state index contributed by atoms with van der Waals surface area (Å²) < 4.78 is 0. The minimum absolute atomic E-state index is 0.0591. The molecule has 0 saturated carbocycles. The zero-order valence-electron chi connectivity index (χ0n) is 10.7. The fourth-order valence-corrected chi connectivity index (χ4v) is 2.03. The van der Waals surface area contributed by atoms with Crippen LogP contribution in [0.1, 0.15) is 18.9 Å². The molecule has 0 radical (unpaired) electrons. The van der Waals surface area contributed by atoms with Gasteiger partial charge in [-0.1, -0.05) is 18.5 Å². The summed E-state index contributed by atoms with van der Waals surface area (Å²) in [5, 5.41) is 20.1. The van der Waals surface area contributed by atoms with Crippen LogP contribution in [0, 0.1) is 10.1 Å². The molecular formula is C12H15ClN2O4. The smallest absolute Gasteiger partial charge is 0.320 e. The van der Waals surface area contributed by atoms with Crippen molar-refractivity contribution < 1.29 is 14.8 Å². The maximum atomic E-state index is 11.0. The Balaban J connectivity index is 2.95. The predicted octanol–water partition coefficient (Wildman–Crippen LogP) is 2.54. The van der Waals surface area contributed by atoms with Crippen LogP contribution in [-0.2, 0) is 11.3 Å². The van der Waals surface area contributed by atoms with Crippen LogP contribution in [-0.4, -0.2) is 34.0 Å². The maximum absolute atomic E-state index is 11.0. The summed E-state index contributed by atoms with van der Waals surface area (Å²) in [6.07, 6.45) is 0.443. The molecule has 0 aliphatic carbocycles. The van der Waals surface area contributed by atoms with Crippen LogP contribution in [0.2, 0.25) is 5.02 Å². The van der Waals surface area contributed by atoms with Crippen molar-refractivity contribution in [2.45, 2.75) is 25.9 Å². The number of aliphatic carboxylic acids is 1. The molecule has 0 spiro atoms. The van der Waals surface area contributed by atoms with Crippen molar-refractivity contribution >= 4 is 23.3 Å². The van der Waals surface area contributed by atoms with E-state index in [1.165, 1.54) is 18.2 Å². The van der Waals surface area contributed by atoms with E-state index < -0.39 is 16.9 Å². The second-order valence-electron chi connectivity index (χ2n) is 4.21. The third-order valence-electron chi connectivity index (χ3n) is 2.86. The number of non-ortho nitro benzene ring substituents is 1. The van der Waals surface area contributed by atoms with Crippen LogP contribution in [0.3, 0.4) is 0 Å². The van der Waals surface area contributed by atoms with Crippen LogP contribution < -0.4 is 0 Å². The topological polar surface area (TPSA) is 83.7 Å². The van der Waals surface area contributed by atoms with Crippen molar-refractivity contribution in [1.82, 2.24) is 4.90 Å². The van der Waals surface area contributed by atoms with Crippen molar-refractivity contribution in [3.63, 3.8) is 0 Å². The Labute approximate surface area is 115 Å². The number of carboxylic acids is 1. The van der Waals surface area contributed by atoms with Gasteiger partial charge in [-0.25, -0.2) is 0 Å². The van der Waals surface area contributed by atoms with E-state index in [2.05, 4.69) is 0 Å². The zero-order valence-corrected chi connectivity index (χ0v) is 11.4. The standard InChI is InChI=1S/C12H15ClN2O4/c1-3-11(12(16)17)14(2)7-8-6-9(15(18)19)4-5-10(8)13/h4-6,11H,3,7H2,1-2H3,(H,16,17). The number of benzene rings is 1. The Morgan fingerprint density at radius 3 is 2.68 bits per heavy atom. The number of hydrogen-bond acceptors (Lipinski definition) is 4. The summed E-state index contributed by atoms with van der Waals surface area (Å²) in [6.45, 7) is 2.01. The normalized spacial score (nSPS) is 12.4. The van der Waals surface area contributed by atoms with E-state index in [1.54, 1.807) is 18.9 Å². The average Bonchev–Trinajstić information content (AvgIpc) is 2.31. The summed E-state index contributed by atoms with van der Waals surface area (Å²) in [4.78, 5) is 22.8. The minimum atomic E-state index is -0.924. The largest absolute Gasteiger partial charge is 0.480 e. The summed E-state index contributed by atoms with van der Waals surface area (Å²) in [6, 6.07) is 3.49. The Hall–Kier alpha value is -1.66. The fraction of sp³-hybridized carbons (Fsp3) is 0.417. The van der Waals surface area contributed by atoms with Crippen molar-refractivity contribution in [2.24, 2.45) is 0 Å². The van der Waals surface area contributed by atoms with Crippen molar-refractivity contribution in [2.75, 3.05) is 7.05 Å². The molecule has 0 aliphatic heterocycles. The lowest BCUT2D eigenvalue weighted by Crippen LogP contribution is -2.37. The molecule has 1 N–H and O–H groups in total. The lowest BCUT2D eigenvalue weighted by atomic mass is 10.1. The maximum Gasteiger partial charge on any atom is 0.320 e. The van der Waals surface area contributed by atoms with Crippen molar-refractivity contribution in [1.29, 1.82) is 0 Å². The molecule has 0 aromatic heterocycles. The molecule has 0 amide bonds. The highest BCUT2D eigenvalue weighted by Crippen LogP contribution is 2.23. The summed E-state index contributed by atoms with van der Waals surface area (Å²) in [5.41, 5.74) is 0.481. The van der Waals surface area contributed by atoms with Gasteiger partial charge in [-0.2, -0.15) is 0 Å². The van der Waals surface area contributed by atoms with Gasteiger partial charge in [0.1, 0.15) is 6.04 Å². The van der Waals surface area contributed by atoms with Crippen LogP contribution >= 0.6 is 11.6 Å². The number of nitro benzene ring substituents is 1. The van der Waals surface area contributed by atoms with Crippen molar-refractivity contribution in [3.05, 3.63) is 38.9 Å². The van der Waals surface area contributed by atoms with Gasteiger partial charge in [0.2, 0.25) is 0 Å². The number of nitrogens with zero attached hydrogens (tertiary/aromatic N) is 2. The summed E-state index contributed by atoms with van der Waals surface area (Å²) in [5.74, 6) is -0.924. The van der Waals surface area contributed by atoms with E-state index in [4.69, 9.17) is 16.7 Å². The van der Waals surface area contributed by atoms with Gasteiger partial charge < -0.3 is 5.11 Å². The van der Waals surface area contributed by atoms with E-state index in [9.17, 15) is 14.9 Å². The molecule has 1 aromatic carbocycles. The van der Waals surface area contributed by atoms with Gasteiger partial charge in [0.15, 0.2) is 0 Å². The van der Waals surface area contributed by atoms with Crippen LogP contribution in [0.15, 0.2) is 18.2 Å². The fourth-order valence-electron chi connectivity index (χ4n) is 1.85. The van der Waals surface area contributed by atoms with Gasteiger partial charge in [-0.3, -0.25) is 19.8 Å². The van der Waals surface area contributed by atoms with E-state index >= 15 is 0 Å². The highest BCUT2D eigenvalue weighted by molar-refractivity contribution is 6.31. The molecule has 0 saturated heterocycles. The van der Waals surface area contributed by atoms with Gasteiger partial charge in [-0.05, 0) is 25.1 Å². The monoisotopic (exact) mass is 286 g/mol. The molecule has 0 fully saturated rings. The first-order valence-electron chi connectivity index (χ1n) is 5.72. The summed E-state index contributed by atoms with van der Waals surface area (Å²) in [7, 11) is 1.65. The molecule has 0 aliphatic rings. The molecule has 0 bridgehead atoms. The molecule has 1 rings (SSSR count). The van der Waals surface area contributed by atoms with E-state index in [0.717, 1.165) is 0 Å². The SMILES string of the molecule is CCC(C(=O)O)N(C)Cc1cc([N+](=O)[O-])ccc1Cl. The Morgan fingerprint density at radius 2 is 2.21 bits per heavy atom.